The largest absolute Gasteiger partial charge is 0.480 e. The predicted octanol–water partition coefficient (Wildman–Crippen LogP) is 2.33. The van der Waals surface area contributed by atoms with Crippen LogP contribution in [0.3, 0.4) is 0 Å². The van der Waals surface area contributed by atoms with E-state index in [1.54, 1.807) is 11.8 Å². The number of nitrogens with one attached hydrogen (secondary N) is 1. The van der Waals surface area contributed by atoms with Crippen LogP contribution in [-0.2, 0) is 16.0 Å². The molecule has 1 aromatic rings. The average molecular weight is 295 g/mol. The van der Waals surface area contributed by atoms with E-state index in [0.717, 1.165) is 18.6 Å². The van der Waals surface area contributed by atoms with Gasteiger partial charge in [-0.2, -0.15) is 11.8 Å². The summed E-state index contributed by atoms with van der Waals surface area (Å²) in [4.78, 5) is 22.7. The van der Waals surface area contributed by atoms with E-state index in [1.807, 2.05) is 36.6 Å². The highest BCUT2D eigenvalue weighted by atomic mass is 32.2. The Morgan fingerprint density at radius 3 is 2.60 bits per heavy atom. The van der Waals surface area contributed by atoms with Crippen molar-refractivity contribution in [3.63, 3.8) is 0 Å². The number of carboxylic acids is 1. The minimum atomic E-state index is -0.963. The number of aryl methyl sites for hydroxylation is 1. The van der Waals surface area contributed by atoms with E-state index in [9.17, 15) is 9.59 Å². The molecule has 110 valence electrons. The first-order valence-electron chi connectivity index (χ1n) is 6.68. The van der Waals surface area contributed by atoms with Gasteiger partial charge in [-0.25, -0.2) is 4.79 Å². The fraction of sp³-hybridized carbons (Fsp3) is 0.467. The second-order valence-electron chi connectivity index (χ2n) is 4.58. The first-order chi connectivity index (χ1) is 9.63. The number of aliphatic carboxylic acids is 1. The molecule has 20 heavy (non-hydrogen) atoms. The molecule has 0 heterocycles. The maximum Gasteiger partial charge on any atom is 0.326 e. The van der Waals surface area contributed by atoms with Crippen molar-refractivity contribution in [2.45, 2.75) is 31.7 Å². The molecule has 1 amide bonds. The number of hydrogen-bond acceptors (Lipinski definition) is 3. The summed E-state index contributed by atoms with van der Waals surface area (Å²) in [5.41, 5.74) is 1.19. The summed E-state index contributed by atoms with van der Waals surface area (Å²) in [5, 5.41) is 11.6. The van der Waals surface area contributed by atoms with Crippen molar-refractivity contribution in [3.8, 4) is 0 Å². The molecular formula is C15H21NO3S. The van der Waals surface area contributed by atoms with Crippen LogP contribution >= 0.6 is 11.8 Å². The number of rotatable bonds is 9. The van der Waals surface area contributed by atoms with Crippen LogP contribution in [0.4, 0.5) is 0 Å². The summed E-state index contributed by atoms with van der Waals surface area (Å²) in [6.45, 7) is 0. The number of hydrogen-bond donors (Lipinski definition) is 2. The topological polar surface area (TPSA) is 66.4 Å². The molecule has 0 aliphatic carbocycles. The molecule has 1 aromatic carbocycles. The average Bonchev–Trinajstić information content (AvgIpc) is 2.44. The second kappa shape index (κ2) is 9.42. The Bertz CT molecular complexity index is 422. The molecule has 0 unspecified atom stereocenters. The molecular weight excluding hydrogens is 274 g/mol. The molecule has 1 atom stereocenters. The fourth-order valence-electron chi connectivity index (χ4n) is 1.86. The number of carboxylic acid groups (broad SMARTS) is 1. The molecule has 4 nitrogen and oxygen atoms in total. The molecule has 0 bridgehead atoms. The summed E-state index contributed by atoms with van der Waals surface area (Å²) >= 11 is 1.57. The van der Waals surface area contributed by atoms with Gasteiger partial charge in [-0.1, -0.05) is 30.3 Å². The van der Waals surface area contributed by atoms with Gasteiger partial charge in [-0.05, 0) is 36.8 Å². The summed E-state index contributed by atoms with van der Waals surface area (Å²) in [5.74, 6) is -0.425. The maximum absolute atomic E-state index is 11.7. The van der Waals surface area contributed by atoms with Gasteiger partial charge in [0.25, 0.3) is 0 Å². The van der Waals surface area contributed by atoms with E-state index < -0.39 is 12.0 Å². The third-order valence-corrected chi connectivity index (χ3v) is 3.60. The van der Waals surface area contributed by atoms with Crippen LogP contribution in [0.25, 0.3) is 0 Å². The van der Waals surface area contributed by atoms with Crippen molar-refractivity contribution in [2.24, 2.45) is 0 Å². The van der Waals surface area contributed by atoms with E-state index >= 15 is 0 Å². The van der Waals surface area contributed by atoms with Gasteiger partial charge >= 0.3 is 5.97 Å². The highest BCUT2D eigenvalue weighted by Crippen LogP contribution is 2.06. The van der Waals surface area contributed by atoms with Gasteiger partial charge in [-0.15, -0.1) is 0 Å². The normalized spacial score (nSPS) is 11.8. The lowest BCUT2D eigenvalue weighted by molar-refractivity contribution is -0.141. The Labute approximate surface area is 124 Å². The lowest BCUT2D eigenvalue weighted by atomic mass is 10.1. The van der Waals surface area contributed by atoms with Crippen LogP contribution in [0.1, 0.15) is 24.8 Å². The van der Waals surface area contributed by atoms with Gasteiger partial charge in [0.1, 0.15) is 6.04 Å². The van der Waals surface area contributed by atoms with Crippen LogP contribution in [0, 0.1) is 0 Å². The lowest BCUT2D eigenvalue weighted by Gasteiger charge is -2.13. The maximum atomic E-state index is 11.7. The van der Waals surface area contributed by atoms with Crippen LogP contribution < -0.4 is 5.32 Å². The quantitative estimate of drug-likeness (QED) is 0.734. The van der Waals surface area contributed by atoms with Crippen LogP contribution in [0.2, 0.25) is 0 Å². The van der Waals surface area contributed by atoms with Crippen LogP contribution in [-0.4, -0.2) is 35.0 Å². The van der Waals surface area contributed by atoms with Gasteiger partial charge in [0.2, 0.25) is 5.91 Å². The Morgan fingerprint density at radius 1 is 1.30 bits per heavy atom. The first-order valence-corrected chi connectivity index (χ1v) is 8.08. The zero-order chi connectivity index (χ0) is 14.8. The van der Waals surface area contributed by atoms with Crippen molar-refractivity contribution in [1.29, 1.82) is 0 Å². The third kappa shape index (κ3) is 6.61. The predicted molar refractivity (Wildman–Crippen MR) is 81.9 cm³/mol. The van der Waals surface area contributed by atoms with Crippen molar-refractivity contribution < 1.29 is 14.7 Å². The number of thioether (sulfide) groups is 1. The van der Waals surface area contributed by atoms with Gasteiger partial charge < -0.3 is 10.4 Å². The molecule has 0 aromatic heterocycles. The molecule has 0 fully saturated rings. The molecule has 0 spiro atoms. The Morgan fingerprint density at radius 2 is 2.00 bits per heavy atom. The highest BCUT2D eigenvalue weighted by molar-refractivity contribution is 7.98. The molecule has 0 saturated carbocycles. The molecule has 0 aliphatic rings. The molecule has 0 saturated heterocycles. The van der Waals surface area contributed by atoms with Gasteiger partial charge in [0.05, 0.1) is 0 Å². The number of carbonyl (C=O) groups excluding carboxylic acids is 1. The molecule has 0 aliphatic heterocycles. The van der Waals surface area contributed by atoms with E-state index in [1.165, 1.54) is 5.56 Å². The smallest absolute Gasteiger partial charge is 0.326 e. The van der Waals surface area contributed by atoms with Gasteiger partial charge in [0.15, 0.2) is 0 Å². The SMILES string of the molecule is CSCC[C@H](NC(=O)CCCc1ccccc1)C(=O)O. The Balaban J connectivity index is 2.29. The zero-order valence-electron chi connectivity index (χ0n) is 11.7. The molecule has 2 N–H and O–H groups in total. The van der Waals surface area contributed by atoms with E-state index in [-0.39, 0.29) is 5.91 Å². The fourth-order valence-corrected chi connectivity index (χ4v) is 2.33. The third-order valence-electron chi connectivity index (χ3n) is 2.96. The van der Waals surface area contributed by atoms with Crippen molar-refractivity contribution in [1.82, 2.24) is 5.32 Å². The molecule has 0 radical (unpaired) electrons. The highest BCUT2D eigenvalue weighted by Gasteiger charge is 2.18. The minimum Gasteiger partial charge on any atom is -0.480 e. The minimum absolute atomic E-state index is 0.186. The van der Waals surface area contributed by atoms with Gasteiger partial charge in [0, 0.05) is 6.42 Å². The van der Waals surface area contributed by atoms with Crippen LogP contribution in [0.5, 0.6) is 0 Å². The number of benzene rings is 1. The zero-order valence-corrected chi connectivity index (χ0v) is 12.5. The standard InChI is InChI=1S/C15H21NO3S/c1-20-11-10-13(15(18)19)16-14(17)9-5-8-12-6-3-2-4-7-12/h2-4,6-7,13H,5,8-11H2,1H3,(H,16,17)(H,18,19)/t13-/m0/s1. The summed E-state index contributed by atoms with van der Waals surface area (Å²) in [7, 11) is 0. The molecule has 1 rings (SSSR count). The van der Waals surface area contributed by atoms with E-state index in [2.05, 4.69) is 5.32 Å². The summed E-state index contributed by atoms with van der Waals surface area (Å²) in [6.07, 6.45) is 4.29. The monoisotopic (exact) mass is 295 g/mol. The molecule has 5 heteroatoms. The van der Waals surface area contributed by atoms with Crippen molar-refractivity contribution in [2.75, 3.05) is 12.0 Å². The van der Waals surface area contributed by atoms with Crippen molar-refractivity contribution >= 4 is 23.6 Å². The lowest BCUT2D eigenvalue weighted by Crippen LogP contribution is -2.41. The second-order valence-corrected chi connectivity index (χ2v) is 5.56. The summed E-state index contributed by atoms with van der Waals surface area (Å²) in [6, 6.07) is 9.18. The first kappa shape index (κ1) is 16.6. The van der Waals surface area contributed by atoms with Crippen molar-refractivity contribution in [3.05, 3.63) is 35.9 Å². The Hall–Kier alpha value is -1.49. The Kier molecular flexibility index (Phi) is 7.80. The van der Waals surface area contributed by atoms with Crippen LogP contribution in [0.15, 0.2) is 30.3 Å². The summed E-state index contributed by atoms with van der Waals surface area (Å²) < 4.78 is 0. The number of amides is 1. The van der Waals surface area contributed by atoms with Gasteiger partial charge in [-0.3, -0.25) is 4.79 Å². The van der Waals surface area contributed by atoms with E-state index in [4.69, 9.17) is 5.11 Å². The number of carbonyl (C=O) groups is 2. The van der Waals surface area contributed by atoms with E-state index in [0.29, 0.717) is 12.8 Å².